The Morgan fingerprint density at radius 3 is 2.93 bits per heavy atom. The molecule has 0 saturated heterocycles. The number of benzene rings is 1. The van der Waals surface area contributed by atoms with Crippen LogP contribution in [-0.4, -0.2) is 34.2 Å². The highest BCUT2D eigenvalue weighted by Gasteiger charge is 2.24. The standard InChI is InChI=1S/C20H21N3O4S/c1-13-7-8-15-16(11-13)28-19-18(15)20(25)23(22-21-19)12-17(24)27-10-9-26-14-5-3-2-4-6-14/h2-6,13H,7-12H2,1H3/t13-/m0/s1. The molecule has 0 unspecified atom stereocenters. The highest BCUT2D eigenvalue weighted by molar-refractivity contribution is 7.18. The lowest BCUT2D eigenvalue weighted by molar-refractivity contribution is -0.145. The third-order valence-electron chi connectivity index (χ3n) is 4.82. The molecule has 8 heteroatoms. The summed E-state index contributed by atoms with van der Waals surface area (Å²) in [5.41, 5.74) is 0.811. The van der Waals surface area contributed by atoms with Crippen LogP contribution in [0.1, 0.15) is 23.8 Å². The molecule has 2 heterocycles. The van der Waals surface area contributed by atoms with Crippen LogP contribution in [0.15, 0.2) is 35.1 Å². The lowest BCUT2D eigenvalue weighted by Gasteiger charge is -2.17. The molecule has 146 valence electrons. The summed E-state index contributed by atoms with van der Waals surface area (Å²) in [5, 5.41) is 8.69. The normalized spacial score (nSPS) is 16.0. The van der Waals surface area contributed by atoms with Gasteiger partial charge in [-0.15, -0.1) is 16.4 Å². The highest BCUT2D eigenvalue weighted by Crippen LogP contribution is 2.35. The zero-order chi connectivity index (χ0) is 19.5. The number of fused-ring (bicyclic) bond motifs is 3. The van der Waals surface area contributed by atoms with Crippen LogP contribution < -0.4 is 10.3 Å². The minimum absolute atomic E-state index is 0.101. The van der Waals surface area contributed by atoms with Gasteiger partial charge in [-0.2, -0.15) is 4.68 Å². The summed E-state index contributed by atoms with van der Waals surface area (Å²) in [6.45, 7) is 2.30. The first-order valence-electron chi connectivity index (χ1n) is 9.33. The molecule has 7 nitrogen and oxygen atoms in total. The maximum absolute atomic E-state index is 12.8. The van der Waals surface area contributed by atoms with Crippen molar-refractivity contribution in [3.05, 3.63) is 51.1 Å². The molecule has 28 heavy (non-hydrogen) atoms. The van der Waals surface area contributed by atoms with E-state index in [0.717, 1.165) is 29.5 Å². The van der Waals surface area contributed by atoms with E-state index < -0.39 is 5.97 Å². The Balaban J connectivity index is 1.39. The largest absolute Gasteiger partial charge is 0.490 e. The Labute approximate surface area is 165 Å². The molecule has 1 aromatic carbocycles. The Kier molecular flexibility index (Phi) is 5.38. The maximum Gasteiger partial charge on any atom is 0.328 e. The number of carbonyl (C=O) groups is 1. The summed E-state index contributed by atoms with van der Waals surface area (Å²) >= 11 is 1.54. The van der Waals surface area contributed by atoms with Gasteiger partial charge in [-0.1, -0.05) is 30.3 Å². The lowest BCUT2D eigenvalue weighted by atomic mass is 9.89. The van der Waals surface area contributed by atoms with Crippen molar-refractivity contribution < 1.29 is 14.3 Å². The van der Waals surface area contributed by atoms with E-state index in [1.54, 1.807) is 11.3 Å². The number of thiophene rings is 1. The van der Waals surface area contributed by atoms with Crippen molar-refractivity contribution in [1.29, 1.82) is 0 Å². The summed E-state index contributed by atoms with van der Waals surface area (Å²) in [6.07, 6.45) is 2.90. The van der Waals surface area contributed by atoms with Gasteiger partial charge >= 0.3 is 5.97 Å². The number of nitrogens with zero attached hydrogens (tertiary/aromatic N) is 3. The van der Waals surface area contributed by atoms with E-state index >= 15 is 0 Å². The number of carbonyl (C=O) groups excluding carboxylic acids is 1. The zero-order valence-corrected chi connectivity index (χ0v) is 16.4. The number of hydrogen-bond acceptors (Lipinski definition) is 7. The molecule has 4 rings (SSSR count). The van der Waals surface area contributed by atoms with Crippen LogP contribution in [0.25, 0.3) is 10.2 Å². The van der Waals surface area contributed by atoms with Gasteiger partial charge in [0.2, 0.25) is 0 Å². The summed E-state index contributed by atoms with van der Waals surface area (Å²) in [7, 11) is 0. The maximum atomic E-state index is 12.8. The highest BCUT2D eigenvalue weighted by atomic mass is 32.1. The van der Waals surface area contributed by atoms with Crippen molar-refractivity contribution in [2.75, 3.05) is 13.2 Å². The van der Waals surface area contributed by atoms with E-state index in [4.69, 9.17) is 9.47 Å². The van der Waals surface area contributed by atoms with Crippen LogP contribution in [0.2, 0.25) is 0 Å². The van der Waals surface area contributed by atoms with Crippen molar-refractivity contribution in [3.8, 4) is 5.75 Å². The molecule has 1 atom stereocenters. The van der Waals surface area contributed by atoms with Gasteiger partial charge in [0.15, 0.2) is 4.83 Å². The van der Waals surface area contributed by atoms with Crippen LogP contribution in [0.5, 0.6) is 5.75 Å². The van der Waals surface area contributed by atoms with E-state index in [1.807, 2.05) is 30.3 Å². The van der Waals surface area contributed by atoms with Crippen molar-refractivity contribution >= 4 is 27.5 Å². The van der Waals surface area contributed by atoms with E-state index in [1.165, 1.54) is 4.88 Å². The average molecular weight is 399 g/mol. The van der Waals surface area contributed by atoms with Gasteiger partial charge in [-0.25, -0.2) is 0 Å². The van der Waals surface area contributed by atoms with Gasteiger partial charge in [0.1, 0.15) is 25.5 Å². The molecule has 0 spiro atoms. The summed E-state index contributed by atoms with van der Waals surface area (Å²) in [5.74, 6) is 0.789. The minimum atomic E-state index is -0.537. The first-order chi connectivity index (χ1) is 13.6. The van der Waals surface area contributed by atoms with Crippen LogP contribution in [0, 0.1) is 5.92 Å². The predicted molar refractivity (Wildman–Crippen MR) is 106 cm³/mol. The molecule has 0 N–H and O–H groups in total. The first-order valence-corrected chi connectivity index (χ1v) is 10.1. The summed E-state index contributed by atoms with van der Waals surface area (Å²) in [6, 6.07) is 9.29. The summed E-state index contributed by atoms with van der Waals surface area (Å²) < 4.78 is 11.7. The van der Waals surface area contributed by atoms with Gasteiger partial charge in [-0.05, 0) is 42.9 Å². The van der Waals surface area contributed by atoms with Gasteiger partial charge in [0.05, 0.1) is 5.39 Å². The smallest absolute Gasteiger partial charge is 0.328 e. The molecule has 0 bridgehead atoms. The minimum Gasteiger partial charge on any atom is -0.490 e. The molecule has 0 aliphatic heterocycles. The Bertz CT molecular complexity index is 1040. The van der Waals surface area contributed by atoms with E-state index in [0.29, 0.717) is 21.9 Å². The van der Waals surface area contributed by atoms with Crippen LogP contribution in [-0.2, 0) is 28.9 Å². The zero-order valence-electron chi connectivity index (χ0n) is 15.6. The number of hydrogen-bond donors (Lipinski definition) is 0. The number of aromatic nitrogens is 3. The van der Waals surface area contributed by atoms with E-state index in [-0.39, 0.29) is 25.3 Å². The molecule has 1 aliphatic carbocycles. The fourth-order valence-corrected chi connectivity index (χ4v) is 4.71. The number of ether oxygens (including phenoxy) is 2. The molecular weight excluding hydrogens is 378 g/mol. The van der Waals surface area contributed by atoms with Gasteiger partial charge in [0, 0.05) is 4.88 Å². The van der Waals surface area contributed by atoms with Crippen molar-refractivity contribution in [1.82, 2.24) is 15.0 Å². The second-order valence-electron chi connectivity index (χ2n) is 6.97. The molecule has 0 saturated carbocycles. The second-order valence-corrected chi connectivity index (χ2v) is 8.05. The van der Waals surface area contributed by atoms with Crippen LogP contribution in [0.3, 0.4) is 0 Å². The monoisotopic (exact) mass is 399 g/mol. The quantitative estimate of drug-likeness (QED) is 0.468. The average Bonchev–Trinajstić information content (AvgIpc) is 3.06. The molecule has 3 aromatic rings. The fraction of sp³-hybridized carbons (Fsp3) is 0.400. The Hall–Kier alpha value is -2.74. The second kappa shape index (κ2) is 8.10. The molecule has 0 amide bonds. The number of aryl methyl sites for hydroxylation is 1. The first kappa shape index (κ1) is 18.6. The van der Waals surface area contributed by atoms with Crippen molar-refractivity contribution in [2.24, 2.45) is 5.92 Å². The van der Waals surface area contributed by atoms with Gasteiger partial charge in [0.25, 0.3) is 5.56 Å². The van der Waals surface area contributed by atoms with Crippen LogP contribution in [0.4, 0.5) is 0 Å². The Morgan fingerprint density at radius 1 is 1.29 bits per heavy atom. The van der Waals surface area contributed by atoms with E-state index in [2.05, 4.69) is 17.2 Å². The number of rotatable bonds is 6. The van der Waals surface area contributed by atoms with Gasteiger partial charge in [-0.3, -0.25) is 9.59 Å². The topological polar surface area (TPSA) is 83.3 Å². The van der Waals surface area contributed by atoms with Crippen molar-refractivity contribution in [3.63, 3.8) is 0 Å². The fourth-order valence-electron chi connectivity index (χ4n) is 3.39. The SMILES string of the molecule is C[C@H]1CCc2c(sc3nnn(CC(=O)OCCOc4ccccc4)c(=O)c23)C1. The van der Waals surface area contributed by atoms with E-state index in [9.17, 15) is 9.59 Å². The predicted octanol–water partition coefficient (Wildman–Crippen LogP) is 2.60. The molecular formula is C20H21N3O4S. The number of esters is 1. The van der Waals surface area contributed by atoms with Gasteiger partial charge < -0.3 is 9.47 Å². The number of para-hydroxylation sites is 1. The third kappa shape index (κ3) is 3.91. The molecule has 2 aromatic heterocycles. The molecule has 0 radical (unpaired) electrons. The van der Waals surface area contributed by atoms with Crippen molar-refractivity contribution in [2.45, 2.75) is 32.7 Å². The molecule has 1 aliphatic rings. The molecule has 0 fully saturated rings. The lowest BCUT2D eigenvalue weighted by Crippen LogP contribution is -2.29. The third-order valence-corrected chi connectivity index (χ3v) is 5.96. The Morgan fingerprint density at radius 2 is 2.11 bits per heavy atom. The summed E-state index contributed by atoms with van der Waals surface area (Å²) in [4.78, 5) is 26.8. The van der Waals surface area contributed by atoms with Crippen LogP contribution >= 0.6 is 11.3 Å².